The highest BCUT2D eigenvalue weighted by molar-refractivity contribution is 5.91. The molecule has 1 aliphatic carbocycles. The maximum Gasteiger partial charge on any atom is 0.319 e. The zero-order valence-electron chi connectivity index (χ0n) is 14.8. The molecule has 1 heterocycles. The third-order valence-electron chi connectivity index (χ3n) is 4.19. The Balaban J connectivity index is 1.54. The topological polar surface area (TPSA) is 94.5 Å². The van der Waals surface area contributed by atoms with Crippen LogP contribution < -0.4 is 25.7 Å². The van der Waals surface area contributed by atoms with Crippen LogP contribution >= 0.6 is 0 Å². The Morgan fingerprint density at radius 2 is 2.12 bits per heavy atom. The van der Waals surface area contributed by atoms with Gasteiger partial charge in [0.05, 0.1) is 31.9 Å². The molecule has 138 valence electrons. The van der Waals surface area contributed by atoms with Crippen LogP contribution in [0.3, 0.4) is 0 Å². The molecule has 2 amide bonds. The van der Waals surface area contributed by atoms with E-state index < -0.39 is 6.03 Å². The van der Waals surface area contributed by atoms with Gasteiger partial charge >= 0.3 is 6.03 Å². The maximum atomic E-state index is 12.1. The number of carbonyl (C=O) groups excluding carboxylic acids is 1. The van der Waals surface area contributed by atoms with Crippen LogP contribution in [0.15, 0.2) is 35.4 Å². The van der Waals surface area contributed by atoms with Crippen molar-refractivity contribution in [3.63, 3.8) is 0 Å². The molecule has 0 unspecified atom stereocenters. The Bertz CT molecular complexity index is 845. The molecule has 2 aromatic rings. The zero-order valence-corrected chi connectivity index (χ0v) is 14.8. The highest BCUT2D eigenvalue weighted by Gasteiger charge is 2.25. The van der Waals surface area contributed by atoms with Crippen molar-refractivity contribution in [3.8, 4) is 11.5 Å². The van der Waals surface area contributed by atoms with Gasteiger partial charge in [0.25, 0.3) is 5.56 Å². The van der Waals surface area contributed by atoms with Crippen LogP contribution in [-0.4, -0.2) is 36.3 Å². The SMILES string of the molecule is COc1cccc(NC(=O)NCCn2cnc(C3CC3)cc2=O)c1OC. The van der Waals surface area contributed by atoms with Crippen LogP contribution in [0.4, 0.5) is 10.5 Å². The number of benzene rings is 1. The molecule has 1 aromatic heterocycles. The van der Waals surface area contributed by atoms with Gasteiger partial charge in [-0.25, -0.2) is 9.78 Å². The summed E-state index contributed by atoms with van der Waals surface area (Å²) in [5.41, 5.74) is 1.26. The van der Waals surface area contributed by atoms with Gasteiger partial charge in [-0.05, 0) is 25.0 Å². The molecule has 0 spiro atoms. The first-order valence-electron chi connectivity index (χ1n) is 8.44. The molecule has 1 saturated carbocycles. The number of nitrogens with one attached hydrogen (secondary N) is 2. The van der Waals surface area contributed by atoms with Crippen LogP contribution in [0, 0.1) is 0 Å². The van der Waals surface area contributed by atoms with Gasteiger partial charge in [-0.2, -0.15) is 0 Å². The lowest BCUT2D eigenvalue weighted by atomic mass is 10.2. The minimum atomic E-state index is -0.396. The fourth-order valence-electron chi connectivity index (χ4n) is 2.65. The molecule has 0 saturated heterocycles. The third kappa shape index (κ3) is 4.14. The van der Waals surface area contributed by atoms with Gasteiger partial charge in [0.15, 0.2) is 11.5 Å². The quantitative estimate of drug-likeness (QED) is 0.789. The summed E-state index contributed by atoms with van der Waals surface area (Å²) < 4.78 is 12.0. The smallest absolute Gasteiger partial charge is 0.319 e. The fourth-order valence-corrected chi connectivity index (χ4v) is 2.65. The summed E-state index contributed by atoms with van der Waals surface area (Å²) in [6, 6.07) is 6.40. The van der Waals surface area contributed by atoms with E-state index in [0.717, 1.165) is 18.5 Å². The lowest BCUT2D eigenvalue weighted by Gasteiger charge is -2.14. The summed E-state index contributed by atoms with van der Waals surface area (Å²) in [5, 5.41) is 5.42. The summed E-state index contributed by atoms with van der Waals surface area (Å²) in [4.78, 5) is 28.5. The first kappa shape index (κ1) is 17.8. The van der Waals surface area contributed by atoms with Crippen molar-refractivity contribution >= 4 is 11.7 Å². The van der Waals surface area contributed by atoms with E-state index in [1.807, 2.05) is 0 Å². The van der Waals surface area contributed by atoms with Gasteiger partial charge in [-0.1, -0.05) is 6.07 Å². The molecule has 3 rings (SSSR count). The third-order valence-corrected chi connectivity index (χ3v) is 4.19. The highest BCUT2D eigenvalue weighted by Crippen LogP contribution is 2.38. The number of urea groups is 1. The van der Waals surface area contributed by atoms with E-state index in [1.54, 1.807) is 30.6 Å². The van der Waals surface area contributed by atoms with Gasteiger partial charge in [0, 0.05) is 25.1 Å². The number of nitrogens with zero attached hydrogens (tertiary/aromatic N) is 2. The second-order valence-electron chi connectivity index (χ2n) is 6.04. The lowest BCUT2D eigenvalue weighted by molar-refractivity contribution is 0.251. The van der Waals surface area contributed by atoms with Gasteiger partial charge in [0.1, 0.15) is 0 Å². The van der Waals surface area contributed by atoms with E-state index >= 15 is 0 Å². The van der Waals surface area contributed by atoms with Crippen molar-refractivity contribution in [1.82, 2.24) is 14.9 Å². The first-order valence-corrected chi connectivity index (χ1v) is 8.44. The average molecular weight is 358 g/mol. The number of hydrogen-bond acceptors (Lipinski definition) is 5. The minimum absolute atomic E-state index is 0.0985. The van der Waals surface area contributed by atoms with Crippen LogP contribution in [-0.2, 0) is 6.54 Å². The van der Waals surface area contributed by atoms with Crippen molar-refractivity contribution < 1.29 is 14.3 Å². The van der Waals surface area contributed by atoms with Gasteiger partial charge in [-0.15, -0.1) is 0 Å². The van der Waals surface area contributed by atoms with Crippen molar-refractivity contribution in [1.29, 1.82) is 0 Å². The lowest BCUT2D eigenvalue weighted by Crippen LogP contribution is -2.33. The summed E-state index contributed by atoms with van der Waals surface area (Å²) >= 11 is 0. The molecule has 8 nitrogen and oxygen atoms in total. The largest absolute Gasteiger partial charge is 0.493 e. The Kier molecular flexibility index (Phi) is 5.40. The summed E-state index contributed by atoms with van der Waals surface area (Å²) in [7, 11) is 3.04. The molecular weight excluding hydrogens is 336 g/mol. The van der Waals surface area contributed by atoms with E-state index in [2.05, 4.69) is 15.6 Å². The normalized spacial score (nSPS) is 13.2. The van der Waals surface area contributed by atoms with Crippen LogP contribution in [0.1, 0.15) is 24.5 Å². The molecular formula is C18H22N4O4. The second-order valence-corrected chi connectivity index (χ2v) is 6.04. The van der Waals surface area contributed by atoms with Gasteiger partial charge in [-0.3, -0.25) is 9.36 Å². The van der Waals surface area contributed by atoms with Gasteiger partial charge in [0.2, 0.25) is 0 Å². The summed E-state index contributed by atoms with van der Waals surface area (Å²) in [6.45, 7) is 0.641. The number of carbonyl (C=O) groups is 1. The number of para-hydroxylation sites is 1. The van der Waals surface area contributed by atoms with Crippen molar-refractivity contribution in [2.75, 3.05) is 26.1 Å². The molecule has 0 bridgehead atoms. The van der Waals surface area contributed by atoms with E-state index in [1.165, 1.54) is 18.8 Å². The number of hydrogen-bond donors (Lipinski definition) is 2. The number of methoxy groups -OCH3 is 2. The van der Waals surface area contributed by atoms with E-state index in [-0.39, 0.29) is 5.56 Å². The molecule has 0 aliphatic heterocycles. The van der Waals surface area contributed by atoms with Crippen LogP contribution in [0.2, 0.25) is 0 Å². The van der Waals surface area contributed by atoms with Crippen molar-refractivity contribution in [2.45, 2.75) is 25.3 Å². The average Bonchev–Trinajstić information content (AvgIpc) is 3.48. The van der Waals surface area contributed by atoms with Crippen LogP contribution in [0.25, 0.3) is 0 Å². The molecule has 8 heteroatoms. The Morgan fingerprint density at radius 1 is 1.31 bits per heavy atom. The molecule has 1 fully saturated rings. The minimum Gasteiger partial charge on any atom is -0.493 e. The number of amides is 2. The van der Waals surface area contributed by atoms with Crippen LogP contribution in [0.5, 0.6) is 11.5 Å². The fraction of sp³-hybridized carbons (Fsp3) is 0.389. The first-order chi connectivity index (χ1) is 12.6. The molecule has 0 radical (unpaired) electrons. The Hall–Kier alpha value is -3.03. The van der Waals surface area contributed by atoms with Gasteiger partial charge < -0.3 is 20.1 Å². The predicted molar refractivity (Wildman–Crippen MR) is 97.0 cm³/mol. The van der Waals surface area contributed by atoms with E-state index in [0.29, 0.717) is 36.2 Å². The molecule has 26 heavy (non-hydrogen) atoms. The highest BCUT2D eigenvalue weighted by atomic mass is 16.5. The Morgan fingerprint density at radius 3 is 2.77 bits per heavy atom. The van der Waals surface area contributed by atoms with Crippen molar-refractivity contribution in [2.24, 2.45) is 0 Å². The van der Waals surface area contributed by atoms with Crippen molar-refractivity contribution in [3.05, 3.63) is 46.6 Å². The standard InChI is InChI=1S/C18H22N4O4/c1-25-15-5-3-4-13(17(15)26-2)21-18(24)19-8-9-22-11-20-14(10-16(22)23)12-6-7-12/h3-5,10-12H,6-9H2,1-2H3,(H2,19,21,24). The Labute approximate surface area is 151 Å². The number of aromatic nitrogens is 2. The number of rotatable bonds is 7. The monoisotopic (exact) mass is 358 g/mol. The second kappa shape index (κ2) is 7.90. The molecule has 1 aromatic carbocycles. The van der Waals surface area contributed by atoms with E-state index in [4.69, 9.17) is 9.47 Å². The van der Waals surface area contributed by atoms with E-state index in [9.17, 15) is 9.59 Å². The zero-order chi connectivity index (χ0) is 18.5. The maximum absolute atomic E-state index is 12.1. The predicted octanol–water partition coefficient (Wildman–Crippen LogP) is 1.96. The summed E-state index contributed by atoms with van der Waals surface area (Å²) in [6.07, 6.45) is 3.75. The molecule has 1 aliphatic rings. The molecule has 2 N–H and O–H groups in total. The summed E-state index contributed by atoms with van der Waals surface area (Å²) in [5.74, 6) is 1.42. The number of anilines is 1. The molecule has 0 atom stereocenters. The number of ether oxygens (including phenoxy) is 2.